The van der Waals surface area contributed by atoms with Crippen LogP contribution in [0.1, 0.15) is 23.6 Å². The van der Waals surface area contributed by atoms with E-state index in [2.05, 4.69) is 20.7 Å². The molecule has 0 saturated carbocycles. The minimum absolute atomic E-state index is 0.0628. The zero-order chi connectivity index (χ0) is 28.6. The molecule has 0 atom stereocenters. The van der Waals surface area contributed by atoms with Crippen LogP contribution in [0.25, 0.3) is 17.1 Å². The molecule has 1 aromatic heterocycles. The Labute approximate surface area is 236 Å². The van der Waals surface area contributed by atoms with Crippen molar-refractivity contribution in [3.8, 4) is 34.3 Å². The van der Waals surface area contributed by atoms with Crippen LogP contribution in [-0.4, -0.2) is 52.8 Å². The first kappa shape index (κ1) is 28.4. The summed E-state index contributed by atoms with van der Waals surface area (Å²) in [6.07, 6.45) is 1.44. The van der Waals surface area contributed by atoms with Crippen LogP contribution in [0.4, 0.5) is 0 Å². The summed E-state index contributed by atoms with van der Waals surface area (Å²) < 4.78 is 17.8. The number of esters is 1. The summed E-state index contributed by atoms with van der Waals surface area (Å²) in [5, 5.41) is 13.4. The van der Waals surface area contributed by atoms with Crippen LogP contribution >= 0.6 is 11.8 Å². The summed E-state index contributed by atoms with van der Waals surface area (Å²) in [5.41, 5.74) is 7.19. The van der Waals surface area contributed by atoms with Crippen molar-refractivity contribution in [2.45, 2.75) is 25.9 Å². The highest BCUT2D eigenvalue weighted by molar-refractivity contribution is 7.99. The standard InChI is InChI=1S/C29H29N5O5S/c1-18-6-10-22(11-7-18)28-32-33-29(34(28)23-12-8-19(2)9-13-23)40-17-26(36)31-30-16-21-14-24(37-4)27(39-20(3)35)25(15-21)38-5/h6-16H,17H2,1-5H3,(H,31,36)/b30-16+. The van der Waals surface area contributed by atoms with Crippen molar-refractivity contribution in [1.82, 2.24) is 20.2 Å². The van der Waals surface area contributed by atoms with Gasteiger partial charge in [0.15, 0.2) is 22.5 Å². The lowest BCUT2D eigenvalue weighted by Gasteiger charge is -2.13. The molecule has 206 valence electrons. The monoisotopic (exact) mass is 559 g/mol. The van der Waals surface area contributed by atoms with E-state index in [1.807, 2.05) is 66.9 Å². The molecule has 4 rings (SSSR count). The summed E-state index contributed by atoms with van der Waals surface area (Å²) >= 11 is 1.25. The maximum atomic E-state index is 12.6. The van der Waals surface area contributed by atoms with Crippen molar-refractivity contribution in [2.75, 3.05) is 20.0 Å². The maximum absolute atomic E-state index is 12.6. The Kier molecular flexibility index (Phi) is 9.18. The lowest BCUT2D eigenvalue weighted by atomic mass is 10.1. The van der Waals surface area contributed by atoms with Crippen molar-refractivity contribution in [1.29, 1.82) is 0 Å². The molecule has 0 aliphatic heterocycles. The number of benzene rings is 3. The normalized spacial score (nSPS) is 10.9. The number of ether oxygens (including phenoxy) is 3. The van der Waals surface area contributed by atoms with Crippen LogP contribution in [-0.2, 0) is 9.59 Å². The second-order valence-corrected chi connectivity index (χ2v) is 9.72. The molecule has 1 amide bonds. The molecule has 0 radical (unpaired) electrons. The van der Waals surface area contributed by atoms with Gasteiger partial charge in [0.05, 0.1) is 26.2 Å². The average Bonchev–Trinajstić information content (AvgIpc) is 3.36. The van der Waals surface area contributed by atoms with E-state index in [9.17, 15) is 9.59 Å². The highest BCUT2D eigenvalue weighted by Crippen LogP contribution is 2.38. The van der Waals surface area contributed by atoms with Gasteiger partial charge in [-0.25, -0.2) is 5.43 Å². The van der Waals surface area contributed by atoms with Crippen LogP contribution < -0.4 is 19.6 Å². The fourth-order valence-corrected chi connectivity index (χ4v) is 4.48. The van der Waals surface area contributed by atoms with E-state index >= 15 is 0 Å². The minimum atomic E-state index is -0.507. The second-order valence-electron chi connectivity index (χ2n) is 8.77. The van der Waals surface area contributed by atoms with Gasteiger partial charge in [-0.2, -0.15) is 5.10 Å². The molecular weight excluding hydrogens is 530 g/mol. The highest BCUT2D eigenvalue weighted by Gasteiger charge is 2.18. The van der Waals surface area contributed by atoms with Crippen LogP contribution in [0, 0.1) is 13.8 Å². The third-order valence-corrected chi connectivity index (χ3v) is 6.63. The first-order chi connectivity index (χ1) is 19.3. The molecule has 0 aliphatic rings. The summed E-state index contributed by atoms with van der Waals surface area (Å²) in [4.78, 5) is 24.1. The predicted molar refractivity (Wildman–Crippen MR) is 154 cm³/mol. The van der Waals surface area contributed by atoms with Crippen molar-refractivity contribution in [3.05, 3.63) is 77.4 Å². The number of aryl methyl sites for hydroxylation is 2. The van der Waals surface area contributed by atoms with Gasteiger partial charge in [0.25, 0.3) is 5.91 Å². The first-order valence-electron chi connectivity index (χ1n) is 12.3. The smallest absolute Gasteiger partial charge is 0.308 e. The van der Waals surface area contributed by atoms with Gasteiger partial charge in [-0.15, -0.1) is 10.2 Å². The summed E-state index contributed by atoms with van der Waals surface area (Å²) in [7, 11) is 2.89. The molecule has 11 heteroatoms. The van der Waals surface area contributed by atoms with E-state index in [0.29, 0.717) is 16.5 Å². The van der Waals surface area contributed by atoms with Gasteiger partial charge in [-0.1, -0.05) is 59.3 Å². The second kappa shape index (κ2) is 12.9. The van der Waals surface area contributed by atoms with Crippen LogP contribution in [0.5, 0.6) is 17.2 Å². The van der Waals surface area contributed by atoms with Gasteiger partial charge in [-0.3, -0.25) is 14.2 Å². The molecule has 4 aromatic rings. The molecule has 0 spiro atoms. The molecule has 10 nitrogen and oxygen atoms in total. The molecule has 0 bridgehead atoms. The zero-order valence-corrected chi connectivity index (χ0v) is 23.6. The number of aromatic nitrogens is 3. The number of carbonyl (C=O) groups excluding carboxylic acids is 2. The Morgan fingerprint density at radius 1 is 0.950 bits per heavy atom. The van der Waals surface area contributed by atoms with Crippen molar-refractivity contribution >= 4 is 29.9 Å². The Morgan fingerprint density at radius 3 is 2.12 bits per heavy atom. The number of hydrogen-bond acceptors (Lipinski definition) is 9. The Morgan fingerprint density at radius 2 is 1.55 bits per heavy atom. The lowest BCUT2D eigenvalue weighted by Crippen LogP contribution is -2.20. The van der Waals surface area contributed by atoms with Gasteiger partial charge in [0.2, 0.25) is 5.75 Å². The van der Waals surface area contributed by atoms with Crippen molar-refractivity contribution < 1.29 is 23.8 Å². The Hall–Kier alpha value is -4.64. The Bertz CT molecular complexity index is 1510. The third-order valence-electron chi connectivity index (χ3n) is 5.70. The topological polar surface area (TPSA) is 117 Å². The fraction of sp³-hybridized carbons (Fsp3) is 0.207. The number of rotatable bonds is 10. The molecule has 40 heavy (non-hydrogen) atoms. The van der Waals surface area contributed by atoms with Crippen LogP contribution in [0.15, 0.2) is 70.9 Å². The van der Waals surface area contributed by atoms with E-state index in [0.717, 1.165) is 22.4 Å². The fourth-order valence-electron chi connectivity index (χ4n) is 3.74. The molecule has 3 aromatic carbocycles. The van der Waals surface area contributed by atoms with E-state index in [1.54, 1.807) is 12.1 Å². The van der Waals surface area contributed by atoms with Gasteiger partial charge >= 0.3 is 5.97 Å². The summed E-state index contributed by atoms with van der Waals surface area (Å²) in [6.45, 7) is 5.34. The zero-order valence-electron chi connectivity index (χ0n) is 22.8. The summed E-state index contributed by atoms with van der Waals surface area (Å²) in [5.74, 6) is 0.657. The van der Waals surface area contributed by atoms with E-state index < -0.39 is 5.97 Å². The number of nitrogens with one attached hydrogen (secondary N) is 1. The molecule has 0 aliphatic carbocycles. The predicted octanol–water partition coefficient (Wildman–Crippen LogP) is 4.74. The van der Waals surface area contributed by atoms with Gasteiger partial charge in [0.1, 0.15) is 0 Å². The van der Waals surface area contributed by atoms with Crippen molar-refractivity contribution in [2.24, 2.45) is 5.10 Å². The number of amides is 1. The SMILES string of the molecule is COc1cc(/C=N/NC(=O)CSc2nnc(-c3ccc(C)cc3)n2-c2ccc(C)cc2)cc(OC)c1OC(C)=O. The van der Waals surface area contributed by atoms with Crippen LogP contribution in [0.3, 0.4) is 0 Å². The number of hydrogen-bond donors (Lipinski definition) is 1. The third kappa shape index (κ3) is 6.86. The van der Waals surface area contributed by atoms with Crippen molar-refractivity contribution in [3.63, 3.8) is 0 Å². The maximum Gasteiger partial charge on any atom is 0.308 e. The van der Waals surface area contributed by atoms with Gasteiger partial charge in [-0.05, 0) is 38.1 Å². The number of methoxy groups -OCH3 is 2. The molecule has 1 N–H and O–H groups in total. The molecule has 0 saturated heterocycles. The summed E-state index contributed by atoms with van der Waals surface area (Å²) in [6, 6.07) is 19.3. The average molecular weight is 560 g/mol. The van der Waals surface area contributed by atoms with Gasteiger partial charge < -0.3 is 14.2 Å². The van der Waals surface area contributed by atoms with E-state index in [4.69, 9.17) is 14.2 Å². The minimum Gasteiger partial charge on any atom is -0.493 e. The number of hydrazone groups is 1. The Balaban J connectivity index is 1.48. The lowest BCUT2D eigenvalue weighted by molar-refractivity contribution is -0.132. The van der Waals surface area contributed by atoms with E-state index in [-0.39, 0.29) is 28.9 Å². The molecule has 0 unspecified atom stereocenters. The quantitative estimate of drug-likeness (QED) is 0.0974. The van der Waals surface area contributed by atoms with Gasteiger partial charge in [0, 0.05) is 23.7 Å². The molecular formula is C29H29N5O5S. The number of thioether (sulfide) groups is 1. The molecule has 1 heterocycles. The largest absolute Gasteiger partial charge is 0.493 e. The highest BCUT2D eigenvalue weighted by atomic mass is 32.2. The first-order valence-corrected chi connectivity index (χ1v) is 13.3. The molecule has 0 fully saturated rings. The van der Waals surface area contributed by atoms with Crippen LogP contribution in [0.2, 0.25) is 0 Å². The van der Waals surface area contributed by atoms with E-state index in [1.165, 1.54) is 39.1 Å². The number of nitrogens with zero attached hydrogens (tertiary/aromatic N) is 4. The number of carbonyl (C=O) groups is 2.